The summed E-state index contributed by atoms with van der Waals surface area (Å²) in [5, 5.41) is 13.1. The first kappa shape index (κ1) is 15.6. The van der Waals surface area contributed by atoms with E-state index in [4.69, 9.17) is 5.11 Å². The van der Waals surface area contributed by atoms with Crippen LogP contribution >= 0.6 is 0 Å². The van der Waals surface area contributed by atoms with Crippen LogP contribution in [0.2, 0.25) is 0 Å². The van der Waals surface area contributed by atoms with E-state index in [-0.39, 0.29) is 10.8 Å². The first-order valence-corrected chi connectivity index (χ1v) is 7.31. The van der Waals surface area contributed by atoms with Crippen molar-refractivity contribution in [2.75, 3.05) is 0 Å². The Morgan fingerprint density at radius 2 is 1.89 bits per heavy atom. The van der Waals surface area contributed by atoms with E-state index < -0.39 is 22.0 Å². The molecule has 1 atom stereocenters. The predicted molar refractivity (Wildman–Crippen MR) is 69.3 cm³/mol. The van der Waals surface area contributed by atoms with Gasteiger partial charge in [-0.3, -0.25) is 9.48 Å². The third-order valence-electron chi connectivity index (χ3n) is 2.93. The highest BCUT2D eigenvalue weighted by Gasteiger charge is 2.31. The van der Waals surface area contributed by atoms with E-state index in [1.807, 2.05) is 0 Å². The summed E-state index contributed by atoms with van der Waals surface area (Å²) in [5.74, 6) is -1.55. The monoisotopic (exact) mass is 289 g/mol. The summed E-state index contributed by atoms with van der Waals surface area (Å²) in [7, 11) is -2.27. The molecule has 8 heteroatoms. The SMILES string of the molecule is Cc1nn(C)c(C)c1S(=O)(=O)NC(C(=O)O)C(C)C. The Labute approximate surface area is 112 Å². The Balaban J connectivity index is 3.22. The number of aromatic nitrogens is 2. The third-order valence-corrected chi connectivity index (χ3v) is 4.62. The number of aliphatic carboxylic acids is 1. The molecule has 0 aliphatic carbocycles. The van der Waals surface area contributed by atoms with Crippen LogP contribution in [0.1, 0.15) is 25.2 Å². The molecule has 1 heterocycles. The summed E-state index contributed by atoms with van der Waals surface area (Å²) in [6, 6.07) is -1.16. The zero-order valence-electron chi connectivity index (χ0n) is 11.6. The zero-order chi connectivity index (χ0) is 15.0. The van der Waals surface area contributed by atoms with E-state index in [2.05, 4.69) is 9.82 Å². The third kappa shape index (κ3) is 3.13. The lowest BCUT2D eigenvalue weighted by Gasteiger charge is -2.18. The van der Waals surface area contributed by atoms with Crippen LogP contribution < -0.4 is 4.72 Å². The first-order chi connectivity index (χ1) is 8.58. The maximum Gasteiger partial charge on any atom is 0.322 e. The Kier molecular flexibility index (Phi) is 4.36. The Morgan fingerprint density at radius 1 is 1.37 bits per heavy atom. The van der Waals surface area contributed by atoms with Crippen molar-refractivity contribution in [1.82, 2.24) is 14.5 Å². The van der Waals surface area contributed by atoms with Crippen molar-refractivity contribution < 1.29 is 18.3 Å². The van der Waals surface area contributed by atoms with Crippen molar-refractivity contribution in [3.8, 4) is 0 Å². The number of rotatable bonds is 5. The minimum atomic E-state index is -3.90. The van der Waals surface area contributed by atoms with E-state index in [9.17, 15) is 13.2 Å². The molecule has 0 bridgehead atoms. The van der Waals surface area contributed by atoms with E-state index in [0.717, 1.165) is 0 Å². The minimum Gasteiger partial charge on any atom is -0.480 e. The average Bonchev–Trinajstić information content (AvgIpc) is 2.49. The molecule has 108 valence electrons. The molecule has 19 heavy (non-hydrogen) atoms. The van der Waals surface area contributed by atoms with Crippen LogP contribution in [-0.4, -0.2) is 35.3 Å². The van der Waals surface area contributed by atoms with Gasteiger partial charge in [0.15, 0.2) is 0 Å². The van der Waals surface area contributed by atoms with Crippen LogP contribution in [0.5, 0.6) is 0 Å². The van der Waals surface area contributed by atoms with Gasteiger partial charge in [-0.15, -0.1) is 0 Å². The highest BCUT2D eigenvalue weighted by Crippen LogP contribution is 2.19. The van der Waals surface area contributed by atoms with Crippen molar-refractivity contribution in [2.24, 2.45) is 13.0 Å². The zero-order valence-corrected chi connectivity index (χ0v) is 12.4. The second-order valence-corrected chi connectivity index (χ2v) is 6.46. The summed E-state index contributed by atoms with van der Waals surface area (Å²) in [5.41, 5.74) is 0.818. The number of aryl methyl sites for hydroxylation is 2. The van der Waals surface area contributed by atoms with Gasteiger partial charge in [0.25, 0.3) is 0 Å². The average molecular weight is 289 g/mol. The Bertz CT molecular complexity index is 589. The highest BCUT2D eigenvalue weighted by atomic mass is 32.2. The number of carbonyl (C=O) groups is 1. The largest absolute Gasteiger partial charge is 0.480 e. The molecule has 0 amide bonds. The molecule has 0 fully saturated rings. The quantitative estimate of drug-likeness (QED) is 0.818. The molecule has 1 aromatic rings. The van der Waals surface area contributed by atoms with Gasteiger partial charge in [-0.2, -0.15) is 9.82 Å². The Hall–Kier alpha value is -1.41. The van der Waals surface area contributed by atoms with E-state index >= 15 is 0 Å². The molecule has 0 saturated heterocycles. The molecular weight excluding hydrogens is 270 g/mol. The molecule has 2 N–H and O–H groups in total. The molecule has 0 saturated carbocycles. The second kappa shape index (κ2) is 5.30. The molecule has 7 nitrogen and oxygen atoms in total. The number of hydrogen-bond acceptors (Lipinski definition) is 4. The smallest absolute Gasteiger partial charge is 0.322 e. The molecular formula is C11H19N3O4S. The van der Waals surface area contributed by atoms with Gasteiger partial charge in [-0.25, -0.2) is 8.42 Å². The van der Waals surface area contributed by atoms with Gasteiger partial charge in [-0.1, -0.05) is 13.8 Å². The Morgan fingerprint density at radius 3 is 2.21 bits per heavy atom. The number of hydrogen-bond donors (Lipinski definition) is 2. The van der Waals surface area contributed by atoms with Gasteiger partial charge in [0.05, 0.1) is 11.4 Å². The topological polar surface area (TPSA) is 101 Å². The standard InChI is InChI=1S/C11H19N3O4S/c1-6(2)9(11(15)16)13-19(17,18)10-7(3)12-14(5)8(10)4/h6,9,13H,1-5H3,(H,15,16). The molecule has 0 aliphatic rings. The van der Waals surface area contributed by atoms with Crippen LogP contribution in [0, 0.1) is 19.8 Å². The lowest BCUT2D eigenvalue weighted by Crippen LogP contribution is -2.44. The van der Waals surface area contributed by atoms with E-state index in [1.54, 1.807) is 34.7 Å². The summed E-state index contributed by atoms with van der Waals surface area (Å²) in [6.07, 6.45) is 0. The van der Waals surface area contributed by atoms with Gasteiger partial charge in [0.2, 0.25) is 10.0 Å². The van der Waals surface area contributed by atoms with Crippen LogP contribution in [0.4, 0.5) is 0 Å². The lowest BCUT2D eigenvalue weighted by molar-refractivity contribution is -0.140. The van der Waals surface area contributed by atoms with E-state index in [0.29, 0.717) is 11.4 Å². The number of carboxylic acids is 1. The highest BCUT2D eigenvalue weighted by molar-refractivity contribution is 7.89. The molecule has 1 aromatic heterocycles. The molecule has 0 aliphatic heterocycles. The minimum absolute atomic E-state index is 0.0434. The van der Waals surface area contributed by atoms with Gasteiger partial charge in [-0.05, 0) is 19.8 Å². The fourth-order valence-corrected chi connectivity index (χ4v) is 3.62. The van der Waals surface area contributed by atoms with Gasteiger partial charge in [0, 0.05) is 7.05 Å². The summed E-state index contributed by atoms with van der Waals surface area (Å²) in [6.45, 7) is 6.49. The van der Waals surface area contributed by atoms with Crippen molar-refractivity contribution in [2.45, 2.75) is 38.6 Å². The number of nitrogens with one attached hydrogen (secondary N) is 1. The van der Waals surface area contributed by atoms with Crippen LogP contribution in [-0.2, 0) is 21.9 Å². The molecule has 0 aromatic carbocycles. The molecule has 0 radical (unpaired) electrons. The number of sulfonamides is 1. The fraction of sp³-hybridized carbons (Fsp3) is 0.636. The summed E-state index contributed by atoms with van der Waals surface area (Å²) < 4.78 is 28.2. The molecule has 1 unspecified atom stereocenters. The van der Waals surface area contributed by atoms with Crippen LogP contribution in [0.3, 0.4) is 0 Å². The lowest BCUT2D eigenvalue weighted by atomic mass is 10.1. The van der Waals surface area contributed by atoms with Crippen LogP contribution in [0.25, 0.3) is 0 Å². The van der Waals surface area contributed by atoms with Crippen molar-refractivity contribution in [3.05, 3.63) is 11.4 Å². The molecule has 0 spiro atoms. The van der Waals surface area contributed by atoms with Crippen molar-refractivity contribution in [3.63, 3.8) is 0 Å². The summed E-state index contributed by atoms with van der Waals surface area (Å²) in [4.78, 5) is 11.1. The fourth-order valence-electron chi connectivity index (χ4n) is 1.84. The van der Waals surface area contributed by atoms with Crippen molar-refractivity contribution >= 4 is 16.0 Å². The first-order valence-electron chi connectivity index (χ1n) is 5.83. The van der Waals surface area contributed by atoms with E-state index in [1.165, 1.54) is 4.68 Å². The van der Waals surface area contributed by atoms with Crippen LogP contribution in [0.15, 0.2) is 4.90 Å². The predicted octanol–water partition coefficient (Wildman–Crippen LogP) is 0.424. The normalized spacial score (nSPS) is 13.8. The van der Waals surface area contributed by atoms with Gasteiger partial charge in [0.1, 0.15) is 10.9 Å². The second-order valence-electron chi connectivity index (χ2n) is 4.80. The maximum absolute atomic E-state index is 12.3. The molecule has 1 rings (SSSR count). The van der Waals surface area contributed by atoms with Crippen molar-refractivity contribution in [1.29, 1.82) is 0 Å². The maximum atomic E-state index is 12.3. The number of carboxylic acid groups (broad SMARTS) is 1. The van der Waals surface area contributed by atoms with Gasteiger partial charge < -0.3 is 5.11 Å². The summed E-state index contributed by atoms with van der Waals surface area (Å²) >= 11 is 0. The number of nitrogens with zero attached hydrogens (tertiary/aromatic N) is 2. The van der Waals surface area contributed by atoms with Gasteiger partial charge >= 0.3 is 5.97 Å².